The van der Waals surface area contributed by atoms with Crippen LogP contribution in [-0.4, -0.2) is 22.1 Å². The van der Waals surface area contributed by atoms with Crippen molar-refractivity contribution < 1.29 is 4.79 Å². The van der Waals surface area contributed by atoms with Crippen molar-refractivity contribution in [1.82, 2.24) is 9.88 Å². The van der Waals surface area contributed by atoms with Gasteiger partial charge in [-0.25, -0.2) is 4.99 Å². The summed E-state index contributed by atoms with van der Waals surface area (Å²) < 4.78 is 0. The lowest BCUT2D eigenvalue weighted by Gasteiger charge is -2.25. The first-order valence-corrected chi connectivity index (χ1v) is 7.54. The first kappa shape index (κ1) is 16.7. The van der Waals surface area contributed by atoms with Crippen LogP contribution in [0.5, 0.6) is 0 Å². The van der Waals surface area contributed by atoms with Gasteiger partial charge in [0.05, 0.1) is 6.04 Å². The first-order valence-electron chi connectivity index (χ1n) is 7.54. The second kappa shape index (κ2) is 7.54. The number of pyridine rings is 1. The minimum atomic E-state index is -0.171. The largest absolute Gasteiger partial charge is 0.384 e. The van der Waals surface area contributed by atoms with Gasteiger partial charge in [-0.15, -0.1) is 0 Å². The molecule has 23 heavy (non-hydrogen) atoms. The van der Waals surface area contributed by atoms with Crippen molar-refractivity contribution in [3.8, 4) is 0 Å². The normalized spacial score (nSPS) is 26.0. The number of carbonyl (C=O) groups is 1. The Morgan fingerprint density at radius 1 is 1.30 bits per heavy atom. The van der Waals surface area contributed by atoms with Crippen LogP contribution < -0.4 is 5.73 Å². The molecule has 1 atom stereocenters. The van der Waals surface area contributed by atoms with Crippen LogP contribution in [0.25, 0.3) is 0 Å². The molecule has 0 radical (unpaired) electrons. The molecule has 0 aromatic carbocycles. The van der Waals surface area contributed by atoms with Crippen molar-refractivity contribution in [2.75, 3.05) is 0 Å². The average Bonchev–Trinajstić information content (AvgIpc) is 2.54. The quantitative estimate of drug-likeness (QED) is 0.912. The molecule has 0 saturated heterocycles. The molecule has 1 aliphatic heterocycles. The molecule has 1 amide bonds. The second-order valence-electron chi connectivity index (χ2n) is 5.68. The van der Waals surface area contributed by atoms with Gasteiger partial charge in [0.1, 0.15) is 12.2 Å². The Morgan fingerprint density at radius 3 is 2.78 bits per heavy atom. The van der Waals surface area contributed by atoms with E-state index in [9.17, 15) is 4.79 Å². The Kier molecular flexibility index (Phi) is 5.46. The molecule has 0 bridgehead atoms. The predicted octanol–water partition coefficient (Wildman–Crippen LogP) is 3.10. The van der Waals surface area contributed by atoms with Crippen molar-refractivity contribution in [3.63, 3.8) is 0 Å². The van der Waals surface area contributed by atoms with Crippen LogP contribution in [0.4, 0.5) is 0 Å². The van der Waals surface area contributed by atoms with Crippen LogP contribution in [0.2, 0.25) is 0 Å². The lowest BCUT2D eigenvalue weighted by atomic mass is 10.1. The van der Waals surface area contributed by atoms with E-state index >= 15 is 0 Å². The van der Waals surface area contributed by atoms with Gasteiger partial charge < -0.3 is 5.73 Å². The maximum atomic E-state index is 12.7. The number of carbonyl (C=O) groups excluding carboxylic acids is 1. The number of nitrogens with zero attached hydrogens (tertiary/aromatic N) is 3. The number of aliphatic imine (C=N–C) groups is 1. The van der Waals surface area contributed by atoms with E-state index < -0.39 is 0 Å². The second-order valence-corrected chi connectivity index (χ2v) is 5.68. The predicted molar refractivity (Wildman–Crippen MR) is 92.4 cm³/mol. The van der Waals surface area contributed by atoms with Gasteiger partial charge in [-0.3, -0.25) is 14.7 Å². The van der Waals surface area contributed by atoms with Gasteiger partial charge in [-0.1, -0.05) is 29.4 Å². The Morgan fingerprint density at radius 2 is 2.09 bits per heavy atom. The highest BCUT2D eigenvalue weighted by Gasteiger charge is 2.20. The fourth-order valence-electron chi connectivity index (χ4n) is 2.37. The van der Waals surface area contributed by atoms with E-state index in [4.69, 9.17) is 5.73 Å². The van der Waals surface area contributed by atoms with Crippen LogP contribution in [0.15, 0.2) is 64.7 Å². The molecule has 5 heteroatoms. The van der Waals surface area contributed by atoms with Gasteiger partial charge >= 0.3 is 0 Å². The highest BCUT2D eigenvalue weighted by Crippen LogP contribution is 2.20. The number of nitrogens with two attached hydrogens (primary N) is 1. The molecule has 0 fully saturated rings. The third-order valence-electron chi connectivity index (χ3n) is 3.62. The molecule has 1 unspecified atom stereocenters. The average molecular weight is 310 g/mol. The van der Waals surface area contributed by atoms with Crippen molar-refractivity contribution >= 4 is 12.2 Å². The Labute approximate surface area is 136 Å². The molecule has 0 saturated carbocycles. The lowest BCUT2D eigenvalue weighted by molar-refractivity contribution is -0.127. The number of allylic oxidation sites excluding steroid dienone is 4. The summed E-state index contributed by atoms with van der Waals surface area (Å²) in [7, 11) is 0. The topological polar surface area (TPSA) is 71.6 Å². The van der Waals surface area contributed by atoms with Crippen molar-refractivity contribution in [3.05, 3.63) is 65.3 Å². The molecule has 5 nitrogen and oxygen atoms in total. The number of amides is 1. The smallest absolute Gasteiger partial charge is 0.232 e. The van der Waals surface area contributed by atoms with Crippen LogP contribution in [-0.2, 0) is 4.79 Å². The summed E-state index contributed by atoms with van der Waals surface area (Å²) in [5, 5.41) is 0. The summed E-state index contributed by atoms with van der Waals surface area (Å²) in [4.78, 5) is 22.6. The Bertz CT molecular complexity index is 686. The van der Waals surface area contributed by atoms with E-state index in [0.717, 1.165) is 16.7 Å². The van der Waals surface area contributed by atoms with Gasteiger partial charge in [0.25, 0.3) is 0 Å². The maximum Gasteiger partial charge on any atom is 0.232 e. The minimum Gasteiger partial charge on any atom is -0.384 e. The van der Waals surface area contributed by atoms with Crippen LogP contribution in [0, 0.1) is 0 Å². The molecule has 1 aromatic heterocycles. The summed E-state index contributed by atoms with van der Waals surface area (Å²) >= 11 is 0. The van der Waals surface area contributed by atoms with Gasteiger partial charge in [0.15, 0.2) is 0 Å². The van der Waals surface area contributed by atoms with E-state index in [2.05, 4.69) is 9.98 Å². The van der Waals surface area contributed by atoms with Crippen molar-refractivity contribution in [1.29, 1.82) is 0 Å². The number of hydrogen-bond acceptors (Lipinski definition) is 4. The molecule has 0 aliphatic carbocycles. The molecule has 1 aliphatic rings. The van der Waals surface area contributed by atoms with E-state index in [1.54, 1.807) is 23.4 Å². The van der Waals surface area contributed by atoms with Crippen molar-refractivity contribution in [2.45, 2.75) is 33.2 Å². The molecule has 120 valence electrons. The summed E-state index contributed by atoms with van der Waals surface area (Å²) in [6.07, 6.45) is 10.9. The highest BCUT2D eigenvalue weighted by atomic mass is 16.2. The lowest BCUT2D eigenvalue weighted by Crippen LogP contribution is -2.32. The first-order chi connectivity index (χ1) is 11.0. The fourth-order valence-corrected chi connectivity index (χ4v) is 2.37. The van der Waals surface area contributed by atoms with E-state index in [-0.39, 0.29) is 11.9 Å². The summed E-state index contributed by atoms with van der Waals surface area (Å²) in [5.41, 5.74) is 8.84. The fraction of sp³-hybridized carbons (Fsp3) is 0.278. The number of hydrogen-bond donors (Lipinski definition) is 1. The molecular formula is C18H22N4O. The van der Waals surface area contributed by atoms with E-state index in [0.29, 0.717) is 12.2 Å². The summed E-state index contributed by atoms with van der Waals surface area (Å²) in [6.45, 7) is 5.86. The van der Waals surface area contributed by atoms with Crippen LogP contribution >= 0.6 is 0 Å². The summed E-state index contributed by atoms with van der Waals surface area (Å²) in [6, 6.07) is 3.62. The number of rotatable bonds is 2. The Hall–Kier alpha value is -2.69. The molecule has 2 N–H and O–H groups in total. The monoisotopic (exact) mass is 310 g/mol. The standard InChI is InChI=1S/C18H22N4O/c1-13-6-7-17(19)21-12-22(18(23)10-14(2)9-13)15(3)16-5-4-8-20-11-16/h4-9,11-12,15H,10,19H2,1-3H3/b13-6+,14-9+,17-7-,21-12+. The molecule has 0 spiro atoms. The minimum absolute atomic E-state index is 0.0265. The highest BCUT2D eigenvalue weighted by molar-refractivity contribution is 5.90. The van der Waals surface area contributed by atoms with E-state index in [1.165, 1.54) is 6.34 Å². The molecule has 1 aromatic rings. The third kappa shape index (κ3) is 4.64. The summed E-state index contributed by atoms with van der Waals surface area (Å²) in [5.74, 6) is 0.329. The van der Waals surface area contributed by atoms with Gasteiger partial charge in [0, 0.05) is 18.8 Å². The van der Waals surface area contributed by atoms with Gasteiger partial charge in [-0.05, 0) is 38.5 Å². The van der Waals surface area contributed by atoms with Gasteiger partial charge in [-0.2, -0.15) is 0 Å². The van der Waals surface area contributed by atoms with Gasteiger partial charge in [0.2, 0.25) is 5.91 Å². The molecule has 2 rings (SSSR count). The zero-order chi connectivity index (χ0) is 16.8. The zero-order valence-corrected chi connectivity index (χ0v) is 13.7. The SMILES string of the molecule is CC1=C\C=C(N)/N=C/N(C(C)c2cccnc2)C(=O)C\C(C)=C\1. The van der Waals surface area contributed by atoms with Crippen molar-refractivity contribution in [2.24, 2.45) is 10.7 Å². The zero-order valence-electron chi connectivity index (χ0n) is 13.7. The van der Waals surface area contributed by atoms with E-state index in [1.807, 2.05) is 45.1 Å². The van der Waals surface area contributed by atoms with Crippen LogP contribution in [0.1, 0.15) is 38.8 Å². The molecule has 2 heterocycles. The Balaban J connectivity index is 2.37. The molecular weight excluding hydrogens is 288 g/mol. The third-order valence-corrected chi connectivity index (χ3v) is 3.62. The van der Waals surface area contributed by atoms with Crippen LogP contribution in [0.3, 0.4) is 0 Å². The maximum absolute atomic E-state index is 12.7. The number of aromatic nitrogens is 1.